The van der Waals surface area contributed by atoms with Gasteiger partial charge in [0.25, 0.3) is 0 Å². The highest BCUT2D eigenvalue weighted by atomic mass is 32.2. The van der Waals surface area contributed by atoms with Crippen molar-refractivity contribution in [3.05, 3.63) is 77.6 Å². The van der Waals surface area contributed by atoms with Gasteiger partial charge in [0, 0.05) is 12.2 Å². The van der Waals surface area contributed by atoms with Crippen molar-refractivity contribution < 1.29 is 9.53 Å². The Hall–Kier alpha value is -3.06. The standard InChI is InChI=1S/C27H34N4O2S/c1-6-17-31-26(19(5)33-23-15-13-20(7-2)14-16-23)29-30-27(31)34-18-24(32)28-25-21(8-3)11-10-12-22(25)9-4/h6,10-16,19H,1,7-9,17-18H2,2-5H3,(H,28,32). The highest BCUT2D eigenvalue weighted by molar-refractivity contribution is 7.99. The smallest absolute Gasteiger partial charge is 0.234 e. The van der Waals surface area contributed by atoms with Gasteiger partial charge in [-0.2, -0.15) is 0 Å². The van der Waals surface area contributed by atoms with Crippen LogP contribution in [-0.2, 0) is 30.6 Å². The first-order chi connectivity index (χ1) is 16.5. The van der Waals surface area contributed by atoms with Crippen molar-refractivity contribution in [1.29, 1.82) is 0 Å². The third kappa shape index (κ3) is 6.29. The Labute approximate surface area is 206 Å². The Kier molecular flexibility index (Phi) is 9.33. The molecule has 1 aromatic heterocycles. The van der Waals surface area contributed by atoms with Crippen molar-refractivity contribution in [3.63, 3.8) is 0 Å². The summed E-state index contributed by atoms with van der Waals surface area (Å²) >= 11 is 1.36. The van der Waals surface area contributed by atoms with E-state index in [2.05, 4.69) is 67.1 Å². The highest BCUT2D eigenvalue weighted by Crippen LogP contribution is 2.26. The van der Waals surface area contributed by atoms with Gasteiger partial charge in [-0.25, -0.2) is 0 Å². The number of aryl methyl sites for hydroxylation is 3. The minimum Gasteiger partial charge on any atom is -0.483 e. The van der Waals surface area contributed by atoms with Crippen LogP contribution in [-0.4, -0.2) is 26.4 Å². The van der Waals surface area contributed by atoms with Crippen molar-refractivity contribution in [3.8, 4) is 5.75 Å². The van der Waals surface area contributed by atoms with Crippen molar-refractivity contribution in [2.24, 2.45) is 0 Å². The molecule has 0 aliphatic carbocycles. The number of nitrogens with one attached hydrogen (secondary N) is 1. The number of rotatable bonds is 12. The summed E-state index contributed by atoms with van der Waals surface area (Å²) in [5.74, 6) is 1.67. The van der Waals surface area contributed by atoms with E-state index in [1.54, 1.807) is 6.08 Å². The first kappa shape index (κ1) is 25.6. The van der Waals surface area contributed by atoms with Gasteiger partial charge in [-0.15, -0.1) is 16.8 Å². The monoisotopic (exact) mass is 478 g/mol. The molecule has 3 rings (SSSR count). The van der Waals surface area contributed by atoms with Gasteiger partial charge in [0.1, 0.15) is 5.75 Å². The molecule has 1 heterocycles. The zero-order valence-electron chi connectivity index (χ0n) is 20.5. The minimum absolute atomic E-state index is 0.0596. The van der Waals surface area contributed by atoms with Crippen molar-refractivity contribution in [1.82, 2.24) is 14.8 Å². The van der Waals surface area contributed by atoms with Gasteiger partial charge in [-0.05, 0) is 55.0 Å². The van der Waals surface area contributed by atoms with Gasteiger partial charge < -0.3 is 10.1 Å². The van der Waals surface area contributed by atoms with Crippen LogP contribution in [0.25, 0.3) is 0 Å². The minimum atomic E-state index is -0.299. The van der Waals surface area contributed by atoms with E-state index >= 15 is 0 Å². The topological polar surface area (TPSA) is 69.0 Å². The predicted octanol–water partition coefficient (Wildman–Crippen LogP) is 6.02. The van der Waals surface area contributed by atoms with E-state index in [0.717, 1.165) is 41.8 Å². The molecule has 2 aromatic carbocycles. The molecular weight excluding hydrogens is 444 g/mol. The number of benzene rings is 2. The summed E-state index contributed by atoms with van der Waals surface area (Å²) in [4.78, 5) is 12.8. The predicted molar refractivity (Wildman–Crippen MR) is 140 cm³/mol. The number of allylic oxidation sites excluding steroid dienone is 1. The summed E-state index contributed by atoms with van der Waals surface area (Å²) in [6, 6.07) is 14.2. The lowest BCUT2D eigenvalue weighted by atomic mass is 10.0. The summed E-state index contributed by atoms with van der Waals surface area (Å²) in [6.07, 6.45) is 4.22. The van der Waals surface area contributed by atoms with Crippen LogP contribution in [0.4, 0.5) is 5.69 Å². The number of hydrogen-bond donors (Lipinski definition) is 1. The van der Waals surface area contributed by atoms with Gasteiger partial charge in [0.05, 0.1) is 5.75 Å². The quantitative estimate of drug-likeness (QED) is 0.255. The average molecular weight is 479 g/mol. The molecule has 0 bridgehead atoms. The number of para-hydroxylation sites is 1. The second-order valence-electron chi connectivity index (χ2n) is 7.99. The second kappa shape index (κ2) is 12.4. The van der Waals surface area contributed by atoms with Gasteiger partial charge >= 0.3 is 0 Å². The molecule has 1 atom stereocenters. The molecule has 0 spiro atoms. The van der Waals surface area contributed by atoms with Crippen molar-refractivity contribution >= 4 is 23.4 Å². The molecular formula is C27H34N4O2S. The molecule has 180 valence electrons. The van der Waals surface area contributed by atoms with E-state index in [0.29, 0.717) is 17.5 Å². The van der Waals surface area contributed by atoms with E-state index < -0.39 is 0 Å². The second-order valence-corrected chi connectivity index (χ2v) is 8.94. The Morgan fingerprint density at radius 3 is 2.35 bits per heavy atom. The lowest BCUT2D eigenvalue weighted by molar-refractivity contribution is -0.113. The molecule has 34 heavy (non-hydrogen) atoms. The number of ether oxygens (including phenoxy) is 1. The van der Waals surface area contributed by atoms with Crippen LogP contribution in [0.15, 0.2) is 60.3 Å². The third-order valence-electron chi connectivity index (χ3n) is 5.66. The van der Waals surface area contributed by atoms with Crippen LogP contribution < -0.4 is 10.1 Å². The largest absolute Gasteiger partial charge is 0.483 e. The summed E-state index contributed by atoms with van der Waals surface area (Å²) < 4.78 is 8.06. The van der Waals surface area contributed by atoms with Crippen LogP contribution in [0.1, 0.15) is 56.3 Å². The average Bonchev–Trinajstić information content (AvgIpc) is 3.26. The number of aromatic nitrogens is 3. The maximum atomic E-state index is 12.8. The van der Waals surface area contributed by atoms with Crippen LogP contribution in [0.3, 0.4) is 0 Å². The maximum absolute atomic E-state index is 12.8. The number of thioether (sulfide) groups is 1. The molecule has 0 aliphatic heterocycles. The number of amides is 1. The van der Waals surface area contributed by atoms with E-state index in [9.17, 15) is 4.79 Å². The van der Waals surface area contributed by atoms with Crippen LogP contribution in [0.5, 0.6) is 5.75 Å². The molecule has 6 nitrogen and oxygen atoms in total. The number of carbonyl (C=O) groups excluding carboxylic acids is 1. The fraction of sp³-hybridized carbons (Fsp3) is 0.370. The van der Waals surface area contributed by atoms with Gasteiger partial charge in [0.15, 0.2) is 17.1 Å². The third-order valence-corrected chi connectivity index (χ3v) is 6.63. The van der Waals surface area contributed by atoms with E-state index in [4.69, 9.17) is 4.74 Å². The molecule has 0 fully saturated rings. The summed E-state index contributed by atoms with van der Waals surface area (Å²) in [5, 5.41) is 12.5. The lowest BCUT2D eigenvalue weighted by Crippen LogP contribution is -2.17. The normalized spacial score (nSPS) is 11.8. The van der Waals surface area contributed by atoms with Crippen LogP contribution in [0, 0.1) is 0 Å². The molecule has 0 aliphatic rings. The molecule has 0 radical (unpaired) electrons. The SMILES string of the molecule is C=CCn1c(SCC(=O)Nc2c(CC)cccc2CC)nnc1C(C)Oc1ccc(CC)cc1. The zero-order chi connectivity index (χ0) is 24.5. The van der Waals surface area contributed by atoms with Crippen LogP contribution in [0.2, 0.25) is 0 Å². The van der Waals surface area contributed by atoms with Crippen LogP contribution >= 0.6 is 11.8 Å². The molecule has 0 saturated carbocycles. The Bertz CT molecular complexity index is 1090. The zero-order valence-corrected chi connectivity index (χ0v) is 21.3. The van der Waals surface area contributed by atoms with E-state index in [1.807, 2.05) is 29.7 Å². The summed E-state index contributed by atoms with van der Waals surface area (Å²) in [7, 11) is 0. The summed E-state index contributed by atoms with van der Waals surface area (Å²) in [5.41, 5.74) is 4.49. The van der Waals surface area contributed by atoms with Gasteiger partial charge in [-0.3, -0.25) is 9.36 Å². The maximum Gasteiger partial charge on any atom is 0.234 e. The molecule has 1 N–H and O–H groups in total. The Balaban J connectivity index is 1.69. The molecule has 1 amide bonds. The fourth-order valence-corrected chi connectivity index (χ4v) is 4.53. The first-order valence-corrected chi connectivity index (χ1v) is 12.8. The van der Waals surface area contributed by atoms with E-state index in [-0.39, 0.29) is 17.8 Å². The van der Waals surface area contributed by atoms with Gasteiger partial charge in [0.2, 0.25) is 5.91 Å². The molecule has 3 aromatic rings. The molecule has 7 heteroatoms. The number of carbonyl (C=O) groups is 1. The number of nitrogens with zero attached hydrogens (tertiary/aromatic N) is 3. The Morgan fingerprint density at radius 2 is 1.76 bits per heavy atom. The van der Waals surface area contributed by atoms with E-state index in [1.165, 1.54) is 17.3 Å². The highest BCUT2D eigenvalue weighted by Gasteiger charge is 2.20. The summed E-state index contributed by atoms with van der Waals surface area (Å²) in [6.45, 7) is 12.7. The first-order valence-electron chi connectivity index (χ1n) is 11.8. The lowest BCUT2D eigenvalue weighted by Gasteiger charge is -2.16. The van der Waals surface area contributed by atoms with Crippen molar-refractivity contribution in [2.75, 3.05) is 11.1 Å². The molecule has 1 unspecified atom stereocenters. The number of hydrogen-bond acceptors (Lipinski definition) is 5. The number of anilines is 1. The van der Waals surface area contributed by atoms with Gasteiger partial charge in [-0.1, -0.05) is 68.9 Å². The van der Waals surface area contributed by atoms with Crippen molar-refractivity contribution in [2.45, 2.75) is 64.8 Å². The Morgan fingerprint density at radius 1 is 1.09 bits per heavy atom. The fourth-order valence-electron chi connectivity index (χ4n) is 3.78. The molecule has 0 saturated heterocycles.